The van der Waals surface area contributed by atoms with E-state index in [0.717, 1.165) is 18.1 Å². The van der Waals surface area contributed by atoms with E-state index >= 15 is 0 Å². The molecule has 0 heterocycles. The lowest BCUT2D eigenvalue weighted by Crippen LogP contribution is -2.45. The second-order valence-corrected chi connectivity index (χ2v) is 5.83. The van der Waals surface area contributed by atoms with Crippen molar-refractivity contribution in [1.82, 2.24) is 10.6 Å². The number of amides is 1. The maximum atomic E-state index is 11.1. The largest absolute Gasteiger partial charge is 0.453 e. The number of carbonyl (C=O) groups is 1. The summed E-state index contributed by atoms with van der Waals surface area (Å²) in [6.07, 6.45) is -0.486. The van der Waals surface area contributed by atoms with E-state index in [1.807, 2.05) is 45.0 Å². The van der Waals surface area contributed by atoms with Crippen LogP contribution in [-0.2, 0) is 16.0 Å². The van der Waals surface area contributed by atoms with Gasteiger partial charge >= 0.3 is 6.09 Å². The lowest BCUT2D eigenvalue weighted by molar-refractivity contribution is 0.0268. The van der Waals surface area contributed by atoms with Crippen LogP contribution in [0.15, 0.2) is 29.3 Å². The Labute approximate surface area is 143 Å². The zero-order valence-corrected chi connectivity index (χ0v) is 15.1. The van der Waals surface area contributed by atoms with Crippen LogP contribution >= 0.6 is 0 Å². The molecule has 0 saturated carbocycles. The SMILES string of the molecule is CCNC(=NCc1ccc(NC(=O)OC)cc1)NCC(C)(C)OC. The minimum absolute atomic E-state index is 0.266. The molecule has 0 aromatic heterocycles. The van der Waals surface area contributed by atoms with Crippen LogP contribution in [0.2, 0.25) is 0 Å². The molecule has 0 spiro atoms. The van der Waals surface area contributed by atoms with Crippen molar-refractivity contribution in [3.63, 3.8) is 0 Å². The first-order valence-electron chi connectivity index (χ1n) is 7.91. The molecule has 0 aliphatic heterocycles. The first-order chi connectivity index (χ1) is 11.4. The number of methoxy groups -OCH3 is 2. The second kappa shape index (κ2) is 9.77. The van der Waals surface area contributed by atoms with Crippen LogP contribution in [0.4, 0.5) is 10.5 Å². The Hall–Kier alpha value is -2.28. The number of benzene rings is 1. The average Bonchev–Trinajstić information content (AvgIpc) is 2.58. The number of aliphatic imine (C=N–C) groups is 1. The fourth-order valence-corrected chi connectivity index (χ4v) is 1.74. The molecule has 0 saturated heterocycles. The molecular weight excluding hydrogens is 308 g/mol. The van der Waals surface area contributed by atoms with Crippen molar-refractivity contribution in [2.75, 3.05) is 32.6 Å². The molecular formula is C17H28N4O3. The number of rotatable bonds is 7. The molecule has 7 heteroatoms. The molecule has 0 fully saturated rings. The zero-order valence-electron chi connectivity index (χ0n) is 15.1. The fourth-order valence-electron chi connectivity index (χ4n) is 1.74. The summed E-state index contributed by atoms with van der Waals surface area (Å²) in [4.78, 5) is 15.7. The van der Waals surface area contributed by atoms with Gasteiger partial charge in [-0.25, -0.2) is 9.79 Å². The van der Waals surface area contributed by atoms with E-state index < -0.39 is 6.09 Å². The standard InChI is InChI=1S/C17H28N4O3/c1-6-18-15(20-12-17(2,3)24-5)19-11-13-7-9-14(10-8-13)21-16(22)23-4/h7-10H,6,11-12H2,1-5H3,(H,21,22)(H2,18,19,20). The maximum absolute atomic E-state index is 11.1. The summed E-state index contributed by atoms with van der Waals surface area (Å²) < 4.78 is 9.95. The van der Waals surface area contributed by atoms with Gasteiger partial charge in [0.2, 0.25) is 0 Å². The van der Waals surface area contributed by atoms with Crippen molar-refractivity contribution < 1.29 is 14.3 Å². The third-order valence-corrected chi connectivity index (χ3v) is 3.38. The molecule has 7 nitrogen and oxygen atoms in total. The van der Waals surface area contributed by atoms with Crippen molar-refractivity contribution in [2.24, 2.45) is 4.99 Å². The van der Waals surface area contributed by atoms with Gasteiger partial charge in [0.25, 0.3) is 0 Å². The Morgan fingerprint density at radius 2 is 1.83 bits per heavy atom. The van der Waals surface area contributed by atoms with E-state index in [-0.39, 0.29) is 5.60 Å². The van der Waals surface area contributed by atoms with Gasteiger partial charge in [-0.15, -0.1) is 0 Å². The van der Waals surface area contributed by atoms with Gasteiger partial charge < -0.3 is 20.1 Å². The van der Waals surface area contributed by atoms with Gasteiger partial charge in [0.1, 0.15) is 0 Å². The monoisotopic (exact) mass is 336 g/mol. The van der Waals surface area contributed by atoms with Crippen LogP contribution in [0.1, 0.15) is 26.3 Å². The van der Waals surface area contributed by atoms with E-state index in [0.29, 0.717) is 18.8 Å². The van der Waals surface area contributed by atoms with Gasteiger partial charge in [-0.2, -0.15) is 0 Å². The minimum Gasteiger partial charge on any atom is -0.453 e. The number of carbonyl (C=O) groups excluding carboxylic acids is 1. The Morgan fingerprint density at radius 1 is 1.17 bits per heavy atom. The third-order valence-electron chi connectivity index (χ3n) is 3.38. The van der Waals surface area contributed by atoms with Gasteiger partial charge in [0, 0.05) is 25.9 Å². The summed E-state index contributed by atoms with van der Waals surface area (Å²) in [6.45, 7) is 8.00. The van der Waals surface area contributed by atoms with Crippen LogP contribution in [0.3, 0.4) is 0 Å². The lowest BCUT2D eigenvalue weighted by Gasteiger charge is -2.24. The normalized spacial score (nSPS) is 11.8. The summed E-state index contributed by atoms with van der Waals surface area (Å²) in [6, 6.07) is 7.46. The Bertz CT molecular complexity index is 541. The molecule has 134 valence electrons. The topological polar surface area (TPSA) is 84.0 Å². The highest BCUT2D eigenvalue weighted by molar-refractivity contribution is 5.84. The number of hydrogen-bond donors (Lipinski definition) is 3. The third kappa shape index (κ3) is 7.32. The van der Waals surface area contributed by atoms with Crippen molar-refractivity contribution in [1.29, 1.82) is 0 Å². The number of nitrogens with zero attached hydrogens (tertiary/aromatic N) is 1. The molecule has 0 aliphatic rings. The van der Waals surface area contributed by atoms with Crippen LogP contribution in [-0.4, -0.2) is 45.0 Å². The number of anilines is 1. The predicted molar refractivity (Wildman–Crippen MR) is 96.4 cm³/mol. The maximum Gasteiger partial charge on any atom is 0.411 e. The van der Waals surface area contributed by atoms with E-state index in [9.17, 15) is 4.79 Å². The molecule has 0 radical (unpaired) electrons. The number of ether oxygens (including phenoxy) is 2. The van der Waals surface area contributed by atoms with Crippen molar-refractivity contribution in [3.8, 4) is 0 Å². The van der Waals surface area contributed by atoms with Gasteiger partial charge in [0.05, 0.1) is 19.3 Å². The number of guanidine groups is 1. The van der Waals surface area contributed by atoms with Crippen LogP contribution in [0, 0.1) is 0 Å². The molecule has 0 aliphatic carbocycles. The van der Waals surface area contributed by atoms with Gasteiger partial charge in [-0.1, -0.05) is 12.1 Å². The van der Waals surface area contributed by atoms with Crippen molar-refractivity contribution in [3.05, 3.63) is 29.8 Å². The summed E-state index contributed by atoms with van der Waals surface area (Å²) >= 11 is 0. The summed E-state index contributed by atoms with van der Waals surface area (Å²) in [5.74, 6) is 0.736. The van der Waals surface area contributed by atoms with Crippen molar-refractivity contribution >= 4 is 17.7 Å². The van der Waals surface area contributed by atoms with Gasteiger partial charge in [-0.3, -0.25) is 5.32 Å². The average molecular weight is 336 g/mol. The van der Waals surface area contributed by atoms with Crippen LogP contribution < -0.4 is 16.0 Å². The Morgan fingerprint density at radius 3 is 2.38 bits per heavy atom. The molecule has 1 rings (SSSR count). The molecule has 24 heavy (non-hydrogen) atoms. The lowest BCUT2D eigenvalue weighted by atomic mass is 10.1. The quantitative estimate of drug-likeness (QED) is 0.526. The smallest absolute Gasteiger partial charge is 0.411 e. The van der Waals surface area contributed by atoms with Crippen molar-refractivity contribution in [2.45, 2.75) is 32.9 Å². The molecule has 0 atom stereocenters. The summed E-state index contributed by atoms with van der Waals surface area (Å²) in [5, 5.41) is 9.08. The molecule has 1 aromatic rings. The van der Waals surface area contributed by atoms with E-state index in [1.165, 1.54) is 7.11 Å². The first kappa shape index (κ1) is 19.8. The van der Waals surface area contributed by atoms with Crippen LogP contribution in [0.25, 0.3) is 0 Å². The van der Waals surface area contributed by atoms with E-state index in [1.54, 1.807) is 7.11 Å². The fraction of sp³-hybridized carbons (Fsp3) is 0.529. The number of nitrogens with one attached hydrogen (secondary N) is 3. The van der Waals surface area contributed by atoms with E-state index in [2.05, 4.69) is 25.7 Å². The zero-order chi connectivity index (χ0) is 18.0. The minimum atomic E-state index is -0.486. The Balaban J connectivity index is 2.63. The van der Waals surface area contributed by atoms with Gasteiger partial charge in [0.15, 0.2) is 5.96 Å². The van der Waals surface area contributed by atoms with Gasteiger partial charge in [-0.05, 0) is 38.5 Å². The highest BCUT2D eigenvalue weighted by atomic mass is 16.5. The highest BCUT2D eigenvalue weighted by Gasteiger charge is 2.16. The summed E-state index contributed by atoms with van der Waals surface area (Å²) in [7, 11) is 3.02. The second-order valence-electron chi connectivity index (χ2n) is 5.83. The molecule has 3 N–H and O–H groups in total. The molecule has 1 aromatic carbocycles. The number of hydrogen-bond acceptors (Lipinski definition) is 4. The first-order valence-corrected chi connectivity index (χ1v) is 7.91. The molecule has 1 amide bonds. The molecule has 0 bridgehead atoms. The van der Waals surface area contributed by atoms with Crippen LogP contribution in [0.5, 0.6) is 0 Å². The summed E-state index contributed by atoms with van der Waals surface area (Å²) in [5.41, 5.74) is 1.45. The Kier molecular flexibility index (Phi) is 8.05. The predicted octanol–water partition coefficient (Wildman–Crippen LogP) is 2.35. The molecule has 0 unspecified atom stereocenters. The highest BCUT2D eigenvalue weighted by Crippen LogP contribution is 2.11. The van der Waals surface area contributed by atoms with E-state index in [4.69, 9.17) is 4.74 Å².